The largest absolute Gasteiger partial charge is 0.773 e. The van der Waals surface area contributed by atoms with Crippen LogP contribution in [-0.2, 0) is 22.9 Å². The number of ketones is 1. The van der Waals surface area contributed by atoms with Gasteiger partial charge in [0.15, 0.2) is 0 Å². The van der Waals surface area contributed by atoms with E-state index in [9.17, 15) is 9.59 Å². The second kappa shape index (κ2) is 33.1. The lowest BCUT2D eigenvalue weighted by Gasteiger charge is -2.09. The maximum Gasteiger partial charge on any atom is 0.150 e. The fraction of sp³-hybridized carbons (Fsp3) is 0.417. The summed E-state index contributed by atoms with van der Waals surface area (Å²) in [6, 6.07) is 11.5. The number of pyridine rings is 3. The Hall–Kier alpha value is -3.82. The van der Waals surface area contributed by atoms with Crippen LogP contribution in [-0.4, -0.2) is 46.6 Å². The predicted octanol–water partition coefficient (Wildman–Crippen LogP) is 9.49. The average molecular weight is 644 g/mol. The summed E-state index contributed by atoms with van der Waals surface area (Å²) in [6.45, 7) is 19.8. The summed E-state index contributed by atoms with van der Waals surface area (Å²) in [7, 11) is 2.12. The second-order valence-corrected chi connectivity index (χ2v) is 8.64. The average Bonchev–Trinajstić information content (AvgIpc) is 3.28. The number of aldehydes is 1. The van der Waals surface area contributed by atoms with Gasteiger partial charge >= 0.3 is 0 Å². The summed E-state index contributed by atoms with van der Waals surface area (Å²) in [6.07, 6.45) is 13.1. The van der Waals surface area contributed by atoms with E-state index in [0.29, 0.717) is 12.0 Å². The van der Waals surface area contributed by atoms with Gasteiger partial charge in [-0.1, -0.05) is 74.4 Å². The molecular formula is C36H59N4O4S-. The van der Waals surface area contributed by atoms with Crippen LogP contribution >= 0.6 is 0 Å². The van der Waals surface area contributed by atoms with Crippen molar-refractivity contribution in [3.05, 3.63) is 90.3 Å². The molecule has 0 N–H and O–H groups in total. The van der Waals surface area contributed by atoms with Crippen LogP contribution in [0.1, 0.15) is 98.1 Å². The first-order chi connectivity index (χ1) is 20.6. The molecule has 1 atom stereocenters. The Morgan fingerprint density at radius 1 is 0.756 bits per heavy atom. The third-order valence-electron chi connectivity index (χ3n) is 5.19. The van der Waals surface area contributed by atoms with Crippen LogP contribution in [0.3, 0.4) is 0 Å². The molecule has 9 heteroatoms. The van der Waals surface area contributed by atoms with Crippen molar-refractivity contribution in [1.29, 1.82) is 0 Å². The van der Waals surface area contributed by atoms with Crippen molar-refractivity contribution in [2.45, 2.75) is 90.5 Å². The highest BCUT2D eigenvalue weighted by atomic mass is 32.2. The molecule has 0 saturated heterocycles. The van der Waals surface area contributed by atoms with E-state index in [1.54, 1.807) is 31.5 Å². The lowest BCUT2D eigenvalue weighted by molar-refractivity contribution is -0.116. The zero-order valence-corrected chi connectivity index (χ0v) is 28.9. The van der Waals surface area contributed by atoms with Crippen LogP contribution < -0.4 is 0 Å². The standard InChI is InChI=1S/C17H17N3.C6H5NO.C4H8O.3C2H6.CH4O2S.2CH4/c1-12-13(2)17(15-6-10-19-11-7-15)20(3)16(12)14-4-8-18-9-5-14;8-5-6-1-3-7-4-2-6;1-3-4(2)5;3*1-2;1-4(2)3;;/h4-11H,1-3H3;1-5H;3H2,1-2H3;3*1-2H3;1H3,(H,2,3);2*1H4/p-1. The lowest BCUT2D eigenvalue weighted by atomic mass is 10.1. The van der Waals surface area contributed by atoms with Gasteiger partial charge in [-0.2, -0.15) is 0 Å². The van der Waals surface area contributed by atoms with E-state index >= 15 is 0 Å². The highest BCUT2D eigenvalue weighted by Crippen LogP contribution is 2.35. The molecule has 4 heterocycles. The fourth-order valence-corrected chi connectivity index (χ4v) is 3.25. The highest BCUT2D eigenvalue weighted by molar-refractivity contribution is 7.78. The van der Waals surface area contributed by atoms with Crippen molar-refractivity contribution in [3.8, 4) is 22.5 Å². The van der Waals surface area contributed by atoms with Gasteiger partial charge < -0.3 is 13.9 Å². The molecule has 45 heavy (non-hydrogen) atoms. The van der Waals surface area contributed by atoms with Crippen LogP contribution in [0.4, 0.5) is 0 Å². The smallest absolute Gasteiger partial charge is 0.150 e. The quantitative estimate of drug-likeness (QED) is 0.160. The zero-order valence-electron chi connectivity index (χ0n) is 28.0. The topological polar surface area (TPSA) is 118 Å². The summed E-state index contributed by atoms with van der Waals surface area (Å²) < 4.78 is 20.3. The van der Waals surface area contributed by atoms with Crippen molar-refractivity contribution in [2.75, 3.05) is 6.26 Å². The van der Waals surface area contributed by atoms with Crippen molar-refractivity contribution < 1.29 is 18.4 Å². The van der Waals surface area contributed by atoms with Crippen molar-refractivity contribution in [3.63, 3.8) is 0 Å². The summed E-state index contributed by atoms with van der Waals surface area (Å²) >= 11 is -1.86. The van der Waals surface area contributed by atoms with Gasteiger partial charge in [0, 0.05) is 67.3 Å². The molecule has 4 aromatic rings. The Morgan fingerprint density at radius 3 is 1.20 bits per heavy atom. The van der Waals surface area contributed by atoms with Gasteiger partial charge in [-0.05, 0) is 74.6 Å². The van der Waals surface area contributed by atoms with Crippen LogP contribution in [0.5, 0.6) is 0 Å². The van der Waals surface area contributed by atoms with E-state index < -0.39 is 11.1 Å². The van der Waals surface area contributed by atoms with Crippen LogP contribution in [0.2, 0.25) is 0 Å². The molecule has 0 aliphatic carbocycles. The Bertz CT molecular complexity index is 1200. The Balaban J connectivity index is -0.000000179. The number of hydrogen-bond acceptors (Lipinski definition) is 7. The zero-order chi connectivity index (χ0) is 33.8. The molecule has 4 rings (SSSR count). The first kappa shape index (κ1) is 50.8. The van der Waals surface area contributed by atoms with Crippen molar-refractivity contribution in [2.24, 2.45) is 7.05 Å². The first-order valence-corrected chi connectivity index (χ1v) is 15.9. The van der Waals surface area contributed by atoms with Gasteiger partial charge in [-0.3, -0.25) is 24.0 Å². The van der Waals surface area contributed by atoms with Gasteiger partial charge in [0.1, 0.15) is 12.1 Å². The van der Waals surface area contributed by atoms with Gasteiger partial charge in [0.25, 0.3) is 0 Å². The highest BCUT2D eigenvalue weighted by Gasteiger charge is 2.17. The minimum absolute atomic E-state index is 0. The molecule has 254 valence electrons. The molecule has 0 spiro atoms. The van der Waals surface area contributed by atoms with E-state index in [0.717, 1.165) is 12.5 Å². The second-order valence-electron chi connectivity index (χ2n) is 7.83. The van der Waals surface area contributed by atoms with Gasteiger partial charge in [-0.15, -0.1) is 0 Å². The number of aromatic nitrogens is 4. The summed E-state index contributed by atoms with van der Waals surface area (Å²) in [4.78, 5) is 31.7. The summed E-state index contributed by atoms with van der Waals surface area (Å²) in [5.74, 6) is 0.255. The molecule has 0 aliphatic rings. The number of carbonyl (C=O) groups excluding carboxylic acids is 2. The van der Waals surface area contributed by atoms with Crippen molar-refractivity contribution >= 4 is 23.1 Å². The molecule has 4 aromatic heterocycles. The Kier molecular flexibility index (Phi) is 37.3. The molecular weight excluding hydrogens is 584 g/mol. The minimum Gasteiger partial charge on any atom is -0.773 e. The predicted molar refractivity (Wildman–Crippen MR) is 194 cm³/mol. The number of carbonyl (C=O) groups is 2. The van der Waals surface area contributed by atoms with E-state index in [4.69, 9.17) is 8.76 Å². The molecule has 8 nitrogen and oxygen atoms in total. The van der Waals surface area contributed by atoms with E-state index in [-0.39, 0.29) is 20.6 Å². The Morgan fingerprint density at radius 2 is 1.00 bits per heavy atom. The third-order valence-corrected chi connectivity index (χ3v) is 5.19. The lowest BCUT2D eigenvalue weighted by Crippen LogP contribution is -1.95. The molecule has 0 amide bonds. The normalized spacial score (nSPS) is 8.91. The fourth-order valence-electron chi connectivity index (χ4n) is 3.25. The molecule has 0 aliphatic heterocycles. The SMILES string of the molecule is C.C.CC.CC.CC.CCC(C)=O.CS(=O)[O-].Cc1c(C)c(-c2ccncc2)n(C)c1-c1ccncc1.O=Cc1ccncc1. The van der Waals surface area contributed by atoms with Crippen molar-refractivity contribution in [1.82, 2.24) is 19.5 Å². The molecule has 0 aromatic carbocycles. The monoisotopic (exact) mass is 643 g/mol. The minimum atomic E-state index is -1.86. The molecule has 0 fully saturated rings. The maximum absolute atomic E-state index is 9.98. The van der Waals surface area contributed by atoms with Gasteiger partial charge in [0.05, 0.1) is 11.4 Å². The Labute approximate surface area is 277 Å². The van der Waals surface area contributed by atoms with E-state index in [2.05, 4.69) is 64.7 Å². The van der Waals surface area contributed by atoms with Gasteiger partial charge in [0.2, 0.25) is 0 Å². The van der Waals surface area contributed by atoms with E-state index in [1.165, 1.54) is 33.6 Å². The van der Waals surface area contributed by atoms with Crippen LogP contribution in [0.15, 0.2) is 73.6 Å². The molecule has 0 radical (unpaired) electrons. The van der Waals surface area contributed by atoms with E-state index in [1.807, 2.05) is 73.3 Å². The third kappa shape index (κ3) is 21.5. The summed E-state index contributed by atoms with van der Waals surface area (Å²) in [5.41, 5.74) is 8.18. The number of rotatable bonds is 4. The molecule has 0 saturated carbocycles. The van der Waals surface area contributed by atoms with Gasteiger partial charge in [-0.25, -0.2) is 0 Å². The number of hydrogen-bond donors (Lipinski definition) is 0. The first-order valence-electron chi connectivity index (χ1n) is 14.5. The van der Waals surface area contributed by atoms with Crippen LogP contribution in [0, 0.1) is 13.8 Å². The maximum atomic E-state index is 9.98. The molecule has 1 unspecified atom stereocenters. The molecule has 0 bridgehead atoms. The summed E-state index contributed by atoms with van der Waals surface area (Å²) in [5, 5.41) is 0. The number of nitrogens with zero attached hydrogens (tertiary/aromatic N) is 4. The number of Topliss-reactive ketones (excluding diaryl/α,β-unsaturated/α-hetero) is 1. The van der Waals surface area contributed by atoms with Crippen LogP contribution in [0.25, 0.3) is 22.5 Å².